The SMILES string of the molecule is CCCCCCC(C(C(=O)O)c1ccccc1)P(=O)(O)CC1CCCCC1. The van der Waals surface area contributed by atoms with Crippen LogP contribution in [-0.2, 0) is 9.36 Å². The van der Waals surface area contributed by atoms with Crippen LogP contribution in [0.15, 0.2) is 30.3 Å². The van der Waals surface area contributed by atoms with Gasteiger partial charge in [-0.15, -0.1) is 0 Å². The first kappa shape index (κ1) is 22.2. The monoisotopic (exact) mass is 394 g/mol. The van der Waals surface area contributed by atoms with E-state index in [4.69, 9.17) is 0 Å². The van der Waals surface area contributed by atoms with Gasteiger partial charge in [0, 0.05) is 6.16 Å². The van der Waals surface area contributed by atoms with Gasteiger partial charge in [-0.1, -0.05) is 82.2 Å². The largest absolute Gasteiger partial charge is 0.481 e. The third-order valence-corrected chi connectivity index (χ3v) is 8.56. The van der Waals surface area contributed by atoms with Crippen molar-refractivity contribution in [3.8, 4) is 0 Å². The molecule has 0 aliphatic heterocycles. The number of hydrogen-bond donors (Lipinski definition) is 2. The molecule has 3 unspecified atom stereocenters. The third-order valence-electron chi connectivity index (χ3n) is 5.93. The molecule has 1 saturated carbocycles. The Hall–Kier alpha value is -1.12. The standard InChI is InChI=1S/C22H35O4P/c1-2-3-4-11-16-20(21(22(23)24)19-14-9-6-10-15-19)27(25,26)17-18-12-7-5-8-13-18/h6,9-10,14-15,18,20-21H,2-5,7-8,11-13,16-17H2,1H3,(H,23,24)(H,25,26). The lowest BCUT2D eigenvalue weighted by molar-refractivity contribution is -0.139. The highest BCUT2D eigenvalue weighted by Gasteiger charge is 2.42. The van der Waals surface area contributed by atoms with Crippen LogP contribution in [0.4, 0.5) is 0 Å². The molecular weight excluding hydrogens is 359 g/mol. The van der Waals surface area contributed by atoms with Crippen LogP contribution in [0.1, 0.15) is 82.6 Å². The third kappa shape index (κ3) is 6.76. The van der Waals surface area contributed by atoms with E-state index in [0.717, 1.165) is 51.4 Å². The molecule has 0 heterocycles. The van der Waals surface area contributed by atoms with Crippen LogP contribution in [0, 0.1) is 5.92 Å². The first-order valence-electron chi connectivity index (χ1n) is 10.5. The molecule has 3 atom stereocenters. The zero-order valence-corrected chi connectivity index (χ0v) is 17.4. The van der Waals surface area contributed by atoms with E-state index < -0.39 is 24.9 Å². The van der Waals surface area contributed by atoms with Crippen molar-refractivity contribution < 1.29 is 19.4 Å². The van der Waals surface area contributed by atoms with Gasteiger partial charge in [0.1, 0.15) is 0 Å². The molecule has 4 nitrogen and oxygen atoms in total. The molecule has 1 aliphatic carbocycles. The highest BCUT2D eigenvalue weighted by atomic mass is 31.2. The Morgan fingerprint density at radius 1 is 1.11 bits per heavy atom. The van der Waals surface area contributed by atoms with Crippen molar-refractivity contribution in [1.29, 1.82) is 0 Å². The molecule has 2 N–H and O–H groups in total. The predicted molar refractivity (Wildman–Crippen MR) is 111 cm³/mol. The molecule has 0 radical (unpaired) electrons. The minimum atomic E-state index is -3.58. The average molecular weight is 394 g/mol. The number of aliphatic carboxylic acids is 1. The van der Waals surface area contributed by atoms with E-state index in [1.165, 1.54) is 6.42 Å². The molecule has 0 amide bonds. The average Bonchev–Trinajstić information content (AvgIpc) is 2.65. The van der Waals surface area contributed by atoms with Crippen LogP contribution in [0.3, 0.4) is 0 Å². The topological polar surface area (TPSA) is 74.6 Å². The second-order valence-electron chi connectivity index (χ2n) is 8.09. The Bertz CT molecular complexity index is 610. The molecule has 2 rings (SSSR count). The van der Waals surface area contributed by atoms with Crippen molar-refractivity contribution in [3.63, 3.8) is 0 Å². The van der Waals surface area contributed by atoms with E-state index in [1.54, 1.807) is 12.1 Å². The van der Waals surface area contributed by atoms with Gasteiger partial charge in [0.2, 0.25) is 7.37 Å². The minimum Gasteiger partial charge on any atom is -0.481 e. The maximum absolute atomic E-state index is 13.5. The van der Waals surface area contributed by atoms with Gasteiger partial charge in [0.05, 0.1) is 11.6 Å². The Kier molecular flexibility index (Phi) is 9.05. The first-order valence-corrected chi connectivity index (χ1v) is 12.5. The smallest absolute Gasteiger partial charge is 0.311 e. The summed E-state index contributed by atoms with van der Waals surface area (Å²) in [6, 6.07) is 9.02. The van der Waals surface area contributed by atoms with Gasteiger partial charge >= 0.3 is 5.97 Å². The van der Waals surface area contributed by atoms with Gasteiger partial charge in [0.25, 0.3) is 0 Å². The van der Waals surface area contributed by atoms with E-state index in [1.807, 2.05) is 18.2 Å². The molecule has 0 aromatic heterocycles. The number of carboxylic acids is 1. The predicted octanol–water partition coefficient (Wildman–Crippen LogP) is 6.04. The molecule has 0 spiro atoms. The lowest BCUT2D eigenvalue weighted by Gasteiger charge is -2.32. The Balaban J connectivity index is 2.24. The molecule has 1 fully saturated rings. The summed E-state index contributed by atoms with van der Waals surface area (Å²) in [6.07, 6.45) is 10.2. The first-order chi connectivity index (χ1) is 13.0. The summed E-state index contributed by atoms with van der Waals surface area (Å²) in [5.74, 6) is -1.63. The molecule has 152 valence electrons. The lowest BCUT2D eigenvalue weighted by Crippen LogP contribution is -2.29. The molecule has 0 bridgehead atoms. The van der Waals surface area contributed by atoms with Crippen molar-refractivity contribution in [2.24, 2.45) is 5.92 Å². The summed E-state index contributed by atoms with van der Waals surface area (Å²) in [5.41, 5.74) is -0.0559. The van der Waals surface area contributed by atoms with E-state index in [9.17, 15) is 19.4 Å². The van der Waals surface area contributed by atoms with Gasteiger partial charge in [-0.25, -0.2) is 0 Å². The van der Waals surface area contributed by atoms with Crippen LogP contribution < -0.4 is 0 Å². The van der Waals surface area contributed by atoms with Crippen molar-refractivity contribution in [2.45, 2.75) is 82.7 Å². The number of benzene rings is 1. The minimum absolute atomic E-state index is 0.262. The molecule has 0 saturated heterocycles. The van der Waals surface area contributed by atoms with Gasteiger partial charge in [-0.05, 0) is 30.7 Å². The maximum atomic E-state index is 13.5. The van der Waals surface area contributed by atoms with Crippen molar-refractivity contribution in [2.75, 3.05) is 6.16 Å². The molecule has 1 aromatic rings. The normalized spacial score (nSPS) is 19.9. The molecule has 1 aromatic carbocycles. The van der Waals surface area contributed by atoms with Gasteiger partial charge in [0.15, 0.2) is 0 Å². The van der Waals surface area contributed by atoms with Crippen LogP contribution >= 0.6 is 7.37 Å². The fourth-order valence-corrected chi connectivity index (χ4v) is 7.17. The number of hydrogen-bond acceptors (Lipinski definition) is 2. The highest BCUT2D eigenvalue weighted by Crippen LogP contribution is 2.56. The molecule has 5 heteroatoms. The highest BCUT2D eigenvalue weighted by molar-refractivity contribution is 7.58. The van der Waals surface area contributed by atoms with Crippen LogP contribution in [-0.4, -0.2) is 27.8 Å². The second kappa shape index (κ2) is 11.0. The summed E-state index contributed by atoms with van der Waals surface area (Å²) in [6.45, 7) is 2.13. The Labute approximate surface area is 163 Å². The quantitative estimate of drug-likeness (QED) is 0.354. The number of carbonyl (C=O) groups is 1. The summed E-state index contributed by atoms with van der Waals surface area (Å²) < 4.78 is 13.5. The lowest BCUT2D eigenvalue weighted by atomic mass is 9.91. The van der Waals surface area contributed by atoms with Crippen LogP contribution in [0.5, 0.6) is 0 Å². The summed E-state index contributed by atoms with van der Waals surface area (Å²) in [7, 11) is -3.58. The maximum Gasteiger partial charge on any atom is 0.311 e. The van der Waals surface area contributed by atoms with Gasteiger partial charge in [-0.3, -0.25) is 9.36 Å². The summed E-state index contributed by atoms with van der Waals surface area (Å²) in [4.78, 5) is 23.2. The summed E-state index contributed by atoms with van der Waals surface area (Å²) in [5, 5.41) is 9.94. The number of rotatable bonds is 11. The number of carboxylic acid groups (broad SMARTS) is 1. The fourth-order valence-electron chi connectivity index (χ4n) is 4.45. The molecule has 1 aliphatic rings. The number of unbranched alkanes of at least 4 members (excludes halogenated alkanes) is 3. The zero-order valence-electron chi connectivity index (χ0n) is 16.6. The molecule has 27 heavy (non-hydrogen) atoms. The van der Waals surface area contributed by atoms with E-state index in [-0.39, 0.29) is 12.1 Å². The van der Waals surface area contributed by atoms with Crippen molar-refractivity contribution in [1.82, 2.24) is 0 Å². The Morgan fingerprint density at radius 3 is 2.37 bits per heavy atom. The van der Waals surface area contributed by atoms with Gasteiger partial charge in [-0.2, -0.15) is 0 Å². The van der Waals surface area contributed by atoms with Gasteiger partial charge < -0.3 is 10.00 Å². The zero-order chi connectivity index (χ0) is 19.7. The van der Waals surface area contributed by atoms with Crippen molar-refractivity contribution >= 4 is 13.3 Å². The van der Waals surface area contributed by atoms with Crippen LogP contribution in [0.2, 0.25) is 0 Å². The Morgan fingerprint density at radius 2 is 1.78 bits per heavy atom. The molecular formula is C22H35O4P. The second-order valence-corrected chi connectivity index (χ2v) is 10.6. The van der Waals surface area contributed by atoms with Crippen molar-refractivity contribution in [3.05, 3.63) is 35.9 Å². The van der Waals surface area contributed by atoms with E-state index in [2.05, 4.69) is 6.92 Å². The summed E-state index contributed by atoms with van der Waals surface area (Å²) >= 11 is 0. The van der Waals surface area contributed by atoms with E-state index >= 15 is 0 Å². The van der Waals surface area contributed by atoms with E-state index in [0.29, 0.717) is 12.0 Å². The fraction of sp³-hybridized carbons (Fsp3) is 0.682. The van der Waals surface area contributed by atoms with Crippen LogP contribution in [0.25, 0.3) is 0 Å².